The molecule has 0 spiro atoms. The summed E-state index contributed by atoms with van der Waals surface area (Å²) in [5.41, 5.74) is 0. The van der Waals surface area contributed by atoms with Gasteiger partial charge in [-0.1, -0.05) is 191 Å². The van der Waals surface area contributed by atoms with Gasteiger partial charge in [0.15, 0.2) is 6.10 Å². The highest BCUT2D eigenvalue weighted by Crippen LogP contribution is 2.15. The number of likely N-dealkylation sites (N-methyl/N-ethyl adjacent to an activating group) is 1. The van der Waals surface area contributed by atoms with Crippen molar-refractivity contribution in [1.82, 2.24) is 0 Å². The molecular weight excluding hydrogens is 787 g/mol. The van der Waals surface area contributed by atoms with Crippen LogP contribution in [0.15, 0.2) is 48.6 Å². The molecule has 8 heteroatoms. The molecule has 0 bridgehead atoms. The molecule has 0 aliphatic rings. The number of hydrogen-bond donors (Lipinski definition) is 0. The Morgan fingerprint density at radius 2 is 0.889 bits per heavy atom. The van der Waals surface area contributed by atoms with E-state index in [9.17, 15) is 19.5 Å². The van der Waals surface area contributed by atoms with E-state index in [2.05, 4.69) is 62.5 Å². The highest BCUT2D eigenvalue weighted by Gasteiger charge is 2.25. The summed E-state index contributed by atoms with van der Waals surface area (Å²) in [5, 5.41) is 11.7. The van der Waals surface area contributed by atoms with Gasteiger partial charge in [0, 0.05) is 19.3 Å². The standard InChI is InChI=1S/C55H99NO7/c1-6-8-10-12-14-16-18-20-22-24-25-26-27-28-29-30-32-33-35-37-39-41-43-45-53(57)62-50-51(49-61-48-47-52(55(59)60)56(3,4)5)63-54(58)46-44-42-40-38-36-34-31-23-21-19-17-15-13-11-9-7-2/h9,11,15,17,21,23,28-29,51-52H,6-8,10,12-14,16,18-20,22,24-27,30-50H2,1-5H3/b11-9+,17-15+,23-21+,29-28+. The van der Waals surface area contributed by atoms with Crippen molar-refractivity contribution in [3.8, 4) is 0 Å². The van der Waals surface area contributed by atoms with Crippen LogP contribution < -0.4 is 5.11 Å². The second-order valence-electron chi connectivity index (χ2n) is 18.7. The van der Waals surface area contributed by atoms with Crippen LogP contribution in [-0.4, -0.2) is 75.5 Å². The van der Waals surface area contributed by atoms with Crippen LogP contribution in [0, 0.1) is 0 Å². The van der Waals surface area contributed by atoms with Crippen LogP contribution in [0.25, 0.3) is 0 Å². The number of ether oxygens (including phenoxy) is 3. The zero-order valence-electron chi connectivity index (χ0n) is 41.7. The fourth-order valence-corrected chi connectivity index (χ4v) is 7.67. The molecular formula is C55H99NO7. The summed E-state index contributed by atoms with van der Waals surface area (Å²) < 4.78 is 17.2. The number of carboxylic acids is 1. The predicted molar refractivity (Wildman–Crippen MR) is 263 cm³/mol. The van der Waals surface area contributed by atoms with Crippen LogP contribution in [0.4, 0.5) is 0 Å². The van der Waals surface area contributed by atoms with Gasteiger partial charge < -0.3 is 28.6 Å². The molecule has 2 atom stereocenters. The third-order valence-electron chi connectivity index (χ3n) is 11.7. The Balaban J connectivity index is 4.21. The minimum absolute atomic E-state index is 0.0339. The average molecular weight is 886 g/mol. The van der Waals surface area contributed by atoms with Gasteiger partial charge in [0.05, 0.1) is 40.3 Å². The lowest BCUT2D eigenvalue weighted by Crippen LogP contribution is -2.55. The van der Waals surface area contributed by atoms with Gasteiger partial charge in [0.25, 0.3) is 0 Å². The summed E-state index contributed by atoms with van der Waals surface area (Å²) in [7, 11) is 5.41. The number of carboxylic acid groups (broad SMARTS) is 1. The molecule has 0 aliphatic carbocycles. The molecule has 0 radical (unpaired) electrons. The summed E-state index contributed by atoms with van der Waals surface area (Å²) in [5.74, 6) is -1.75. The molecule has 366 valence electrons. The van der Waals surface area contributed by atoms with Crippen molar-refractivity contribution in [2.45, 2.75) is 244 Å². The molecule has 0 heterocycles. The third-order valence-corrected chi connectivity index (χ3v) is 11.7. The van der Waals surface area contributed by atoms with Crippen LogP contribution in [0.2, 0.25) is 0 Å². The van der Waals surface area contributed by atoms with E-state index in [1.54, 1.807) is 21.1 Å². The first-order valence-electron chi connectivity index (χ1n) is 26.2. The van der Waals surface area contributed by atoms with Crippen LogP contribution in [0.5, 0.6) is 0 Å². The second kappa shape index (κ2) is 45.8. The van der Waals surface area contributed by atoms with Gasteiger partial charge in [0.1, 0.15) is 12.6 Å². The van der Waals surface area contributed by atoms with Crippen LogP contribution >= 0.6 is 0 Å². The molecule has 0 saturated heterocycles. The van der Waals surface area contributed by atoms with Crippen LogP contribution in [0.1, 0.15) is 232 Å². The van der Waals surface area contributed by atoms with Crippen molar-refractivity contribution in [1.29, 1.82) is 0 Å². The maximum Gasteiger partial charge on any atom is 0.306 e. The highest BCUT2D eigenvalue weighted by molar-refractivity contribution is 5.70. The van der Waals surface area contributed by atoms with E-state index in [-0.39, 0.29) is 42.7 Å². The van der Waals surface area contributed by atoms with E-state index >= 15 is 0 Å². The number of hydrogen-bond acceptors (Lipinski definition) is 7. The lowest BCUT2D eigenvalue weighted by molar-refractivity contribution is -0.889. The molecule has 0 rings (SSSR count). The fraction of sp³-hybridized carbons (Fsp3) is 0.800. The van der Waals surface area contributed by atoms with Crippen LogP contribution in [0.3, 0.4) is 0 Å². The average Bonchev–Trinajstić information content (AvgIpc) is 3.24. The summed E-state index contributed by atoms with van der Waals surface area (Å²) >= 11 is 0. The van der Waals surface area contributed by atoms with E-state index < -0.39 is 18.1 Å². The number of carbonyl (C=O) groups is 3. The Labute approximate surface area is 388 Å². The van der Waals surface area contributed by atoms with Crippen LogP contribution in [-0.2, 0) is 28.6 Å². The molecule has 0 aromatic heterocycles. The smallest absolute Gasteiger partial charge is 0.306 e. The van der Waals surface area contributed by atoms with Gasteiger partial charge in [0.2, 0.25) is 0 Å². The lowest BCUT2D eigenvalue weighted by atomic mass is 10.0. The maximum atomic E-state index is 12.8. The number of rotatable bonds is 47. The summed E-state index contributed by atoms with van der Waals surface area (Å²) in [4.78, 5) is 37.0. The van der Waals surface area contributed by atoms with E-state index in [1.165, 1.54) is 128 Å². The third kappa shape index (κ3) is 44.3. The summed E-state index contributed by atoms with van der Waals surface area (Å²) in [6.07, 6.45) is 55.8. The molecule has 2 unspecified atom stereocenters. The van der Waals surface area contributed by atoms with Gasteiger partial charge in [-0.2, -0.15) is 0 Å². The zero-order chi connectivity index (χ0) is 46.3. The predicted octanol–water partition coefficient (Wildman–Crippen LogP) is 13.8. The zero-order valence-corrected chi connectivity index (χ0v) is 41.7. The number of carbonyl (C=O) groups excluding carboxylic acids is 3. The maximum absolute atomic E-state index is 12.8. The van der Waals surface area contributed by atoms with Crippen molar-refractivity contribution in [3.63, 3.8) is 0 Å². The highest BCUT2D eigenvalue weighted by atomic mass is 16.6. The number of unbranched alkanes of at least 4 members (excludes halogenated alkanes) is 25. The molecule has 0 aliphatic heterocycles. The first-order valence-corrected chi connectivity index (χ1v) is 26.2. The minimum atomic E-state index is -1.13. The first-order chi connectivity index (χ1) is 30.6. The Morgan fingerprint density at radius 3 is 1.33 bits per heavy atom. The van der Waals surface area contributed by atoms with Crippen molar-refractivity contribution < 1.29 is 38.2 Å². The fourth-order valence-electron chi connectivity index (χ4n) is 7.67. The van der Waals surface area contributed by atoms with Gasteiger partial charge in [-0.05, 0) is 70.6 Å². The van der Waals surface area contributed by atoms with E-state index in [1.807, 2.05) is 0 Å². The monoisotopic (exact) mass is 886 g/mol. The Morgan fingerprint density at radius 1 is 0.492 bits per heavy atom. The molecule has 0 amide bonds. The first kappa shape index (κ1) is 60.3. The molecule has 0 fully saturated rings. The van der Waals surface area contributed by atoms with Gasteiger partial charge >= 0.3 is 11.9 Å². The van der Waals surface area contributed by atoms with Crippen molar-refractivity contribution in [3.05, 3.63) is 48.6 Å². The number of nitrogens with zero attached hydrogens (tertiary/aromatic N) is 1. The number of esters is 2. The van der Waals surface area contributed by atoms with Gasteiger partial charge in [-0.15, -0.1) is 0 Å². The molecule has 0 aromatic carbocycles. The minimum Gasteiger partial charge on any atom is -0.544 e. The molecule has 0 aromatic rings. The van der Waals surface area contributed by atoms with Gasteiger partial charge in [-0.3, -0.25) is 9.59 Å². The SMILES string of the molecule is CC/C=C/C/C=C/C/C=C/CCCCCCCCC(=O)OC(COCCC(C(=O)[O-])[N+](C)(C)C)COC(=O)CCCCCCCCC/C=C/CCCCCCCCCCCCCC. The Bertz CT molecular complexity index is 1170. The Hall–Kier alpha value is -2.71. The quantitative estimate of drug-likeness (QED) is 0.0259. The lowest BCUT2D eigenvalue weighted by Gasteiger charge is -2.34. The van der Waals surface area contributed by atoms with Crippen molar-refractivity contribution in [2.24, 2.45) is 0 Å². The van der Waals surface area contributed by atoms with E-state index in [4.69, 9.17) is 14.2 Å². The number of aliphatic carboxylic acids is 1. The Kier molecular flexibility index (Phi) is 43.9. The van der Waals surface area contributed by atoms with Crippen molar-refractivity contribution >= 4 is 17.9 Å². The largest absolute Gasteiger partial charge is 0.544 e. The van der Waals surface area contributed by atoms with Crippen molar-refractivity contribution in [2.75, 3.05) is 41.0 Å². The molecule has 0 saturated carbocycles. The van der Waals surface area contributed by atoms with E-state index in [0.29, 0.717) is 12.8 Å². The number of quaternary nitrogens is 1. The number of allylic oxidation sites excluding steroid dienone is 8. The molecule has 8 nitrogen and oxygen atoms in total. The second-order valence-corrected chi connectivity index (χ2v) is 18.7. The van der Waals surface area contributed by atoms with E-state index in [0.717, 1.165) is 70.6 Å². The van der Waals surface area contributed by atoms with Gasteiger partial charge in [-0.25, -0.2) is 0 Å². The molecule has 63 heavy (non-hydrogen) atoms. The summed E-state index contributed by atoms with van der Waals surface area (Å²) in [6.45, 7) is 4.56. The molecule has 0 N–H and O–H groups in total. The normalized spacial score (nSPS) is 13.2. The topological polar surface area (TPSA) is 102 Å². The summed E-state index contributed by atoms with van der Waals surface area (Å²) in [6, 6.07) is -0.730.